The minimum absolute atomic E-state index is 0. The minimum Gasteiger partial charge on any atom is -0.147 e. The van der Waals surface area contributed by atoms with Crippen LogP contribution in [0.4, 0.5) is 22.7 Å². The van der Waals surface area contributed by atoms with E-state index in [4.69, 9.17) is 0 Å². The molecule has 24 heavy (non-hydrogen) atoms. The molecule has 124 valence electrons. The Hall–Kier alpha value is -1.87. The monoisotopic (exact) mass is 405 g/mol. The summed E-state index contributed by atoms with van der Waals surface area (Å²) in [4.78, 5) is 2.16. The van der Waals surface area contributed by atoms with Gasteiger partial charge in [-0.2, -0.15) is 0 Å². The predicted molar refractivity (Wildman–Crippen MR) is 110 cm³/mol. The summed E-state index contributed by atoms with van der Waals surface area (Å²) < 4.78 is 2.82. The molecule has 1 aliphatic rings. The van der Waals surface area contributed by atoms with Gasteiger partial charge in [-0.15, -0.1) is 12.4 Å². The normalized spacial score (nSPS) is 11.8. The largest absolute Gasteiger partial charge is 0.147 e. The molecule has 5 heteroatoms. The van der Waals surface area contributed by atoms with E-state index in [1.54, 1.807) is 0 Å². The van der Waals surface area contributed by atoms with Crippen LogP contribution in [0.25, 0.3) is 10.8 Å². The van der Waals surface area contributed by atoms with E-state index in [0.29, 0.717) is 15.0 Å². The first-order valence-corrected chi connectivity index (χ1v) is 9.38. The van der Waals surface area contributed by atoms with Gasteiger partial charge in [0.1, 0.15) is 0 Å². The molecule has 0 spiro atoms. The Kier molecular flexibility index (Phi) is 4.64. The molecular formula is C19H20ClN3Se. The molecule has 0 fully saturated rings. The summed E-state index contributed by atoms with van der Waals surface area (Å²) in [6.07, 6.45) is 0. The van der Waals surface area contributed by atoms with Gasteiger partial charge in [0.25, 0.3) is 0 Å². The number of hydrogen-bond acceptors (Lipinski definition) is 3. The SMILES string of the molecule is CNc1cc2c(c3ccccc13)Nc1ccc(N(C)C)cc1[Se]2.Cl. The fraction of sp³-hybridized carbons (Fsp3) is 0.158. The Morgan fingerprint density at radius 2 is 1.71 bits per heavy atom. The zero-order chi connectivity index (χ0) is 16.0. The second-order valence-corrected chi connectivity index (χ2v) is 8.17. The standard InChI is InChI=1S/C19H19N3Se.ClH/c1-20-16-11-18-19(14-7-5-4-6-13(14)16)21-15-9-8-12(22(2)3)10-17(15)23-18;/h4-11,20-21H,1-3H3;1H. The topological polar surface area (TPSA) is 27.3 Å². The molecule has 0 saturated heterocycles. The number of nitrogens with zero attached hydrogens (tertiary/aromatic N) is 1. The number of benzene rings is 3. The quantitative estimate of drug-likeness (QED) is 0.503. The summed E-state index contributed by atoms with van der Waals surface area (Å²) >= 11 is 0.303. The maximum absolute atomic E-state index is 3.67. The van der Waals surface area contributed by atoms with Crippen molar-refractivity contribution in [2.45, 2.75) is 0 Å². The molecule has 0 radical (unpaired) electrons. The number of fused-ring (bicyclic) bond motifs is 4. The van der Waals surface area contributed by atoms with Crippen LogP contribution in [-0.2, 0) is 0 Å². The molecule has 0 unspecified atom stereocenters. The minimum atomic E-state index is 0. The summed E-state index contributed by atoms with van der Waals surface area (Å²) in [6.45, 7) is 0. The van der Waals surface area contributed by atoms with Gasteiger partial charge in [-0.25, -0.2) is 0 Å². The second kappa shape index (κ2) is 6.56. The van der Waals surface area contributed by atoms with Gasteiger partial charge in [0, 0.05) is 0 Å². The van der Waals surface area contributed by atoms with Gasteiger partial charge < -0.3 is 0 Å². The Morgan fingerprint density at radius 3 is 2.42 bits per heavy atom. The summed E-state index contributed by atoms with van der Waals surface area (Å²) in [5.41, 5.74) is 4.97. The maximum atomic E-state index is 3.67. The van der Waals surface area contributed by atoms with Crippen LogP contribution in [0, 0.1) is 0 Å². The van der Waals surface area contributed by atoms with E-state index in [9.17, 15) is 0 Å². The number of nitrogens with one attached hydrogen (secondary N) is 2. The van der Waals surface area contributed by atoms with Gasteiger partial charge in [-0.05, 0) is 0 Å². The van der Waals surface area contributed by atoms with Crippen molar-refractivity contribution in [1.29, 1.82) is 0 Å². The van der Waals surface area contributed by atoms with Crippen LogP contribution in [0.15, 0.2) is 48.5 Å². The van der Waals surface area contributed by atoms with Gasteiger partial charge in [0.05, 0.1) is 0 Å². The number of hydrogen-bond donors (Lipinski definition) is 2. The van der Waals surface area contributed by atoms with Crippen LogP contribution >= 0.6 is 12.4 Å². The Labute approximate surface area is 155 Å². The van der Waals surface area contributed by atoms with Crippen molar-refractivity contribution in [2.75, 3.05) is 36.7 Å². The molecule has 1 aliphatic heterocycles. The van der Waals surface area contributed by atoms with Crippen LogP contribution in [0.1, 0.15) is 0 Å². The molecular weight excluding hydrogens is 385 g/mol. The van der Waals surface area contributed by atoms with Gasteiger partial charge in [0.15, 0.2) is 0 Å². The molecule has 3 aromatic rings. The molecule has 2 N–H and O–H groups in total. The van der Waals surface area contributed by atoms with Crippen molar-refractivity contribution < 1.29 is 0 Å². The Morgan fingerprint density at radius 1 is 0.958 bits per heavy atom. The fourth-order valence-electron chi connectivity index (χ4n) is 3.00. The van der Waals surface area contributed by atoms with Crippen LogP contribution in [0.5, 0.6) is 0 Å². The van der Waals surface area contributed by atoms with Crippen molar-refractivity contribution in [3.63, 3.8) is 0 Å². The Bertz CT molecular complexity index is 908. The predicted octanol–water partition coefficient (Wildman–Crippen LogP) is 3.08. The average Bonchev–Trinajstić information content (AvgIpc) is 2.58. The van der Waals surface area contributed by atoms with Crippen LogP contribution < -0.4 is 24.5 Å². The van der Waals surface area contributed by atoms with Crippen molar-refractivity contribution >= 4 is 69.8 Å². The van der Waals surface area contributed by atoms with Crippen molar-refractivity contribution in [2.24, 2.45) is 0 Å². The van der Waals surface area contributed by atoms with Crippen molar-refractivity contribution in [1.82, 2.24) is 0 Å². The maximum Gasteiger partial charge on any atom is -0.147 e. The number of halogens is 1. The van der Waals surface area contributed by atoms with Gasteiger partial charge in [0.2, 0.25) is 0 Å². The fourth-order valence-corrected chi connectivity index (χ4v) is 5.27. The van der Waals surface area contributed by atoms with E-state index in [2.05, 4.69) is 78.2 Å². The molecule has 3 nitrogen and oxygen atoms in total. The second-order valence-electron chi connectivity index (χ2n) is 5.89. The van der Waals surface area contributed by atoms with Gasteiger partial charge >= 0.3 is 143 Å². The van der Waals surface area contributed by atoms with E-state index in [1.165, 1.54) is 42.4 Å². The van der Waals surface area contributed by atoms with E-state index in [-0.39, 0.29) is 12.4 Å². The molecule has 0 amide bonds. The molecule has 0 atom stereocenters. The van der Waals surface area contributed by atoms with E-state index >= 15 is 0 Å². The number of anilines is 4. The summed E-state index contributed by atoms with van der Waals surface area (Å²) in [5, 5.41) is 9.58. The first-order chi connectivity index (χ1) is 11.2. The van der Waals surface area contributed by atoms with Crippen LogP contribution in [-0.4, -0.2) is 36.1 Å². The molecule has 4 rings (SSSR count). The van der Waals surface area contributed by atoms with E-state index in [1.807, 2.05) is 7.05 Å². The third-order valence-electron chi connectivity index (χ3n) is 4.24. The van der Waals surface area contributed by atoms with E-state index < -0.39 is 0 Å². The Balaban J connectivity index is 0.00000169. The van der Waals surface area contributed by atoms with E-state index in [0.717, 1.165) is 0 Å². The first-order valence-electron chi connectivity index (χ1n) is 7.67. The number of rotatable bonds is 2. The van der Waals surface area contributed by atoms with Crippen LogP contribution in [0.3, 0.4) is 0 Å². The molecule has 0 aliphatic carbocycles. The van der Waals surface area contributed by atoms with Gasteiger partial charge in [-0.3, -0.25) is 0 Å². The zero-order valence-corrected chi connectivity index (χ0v) is 16.4. The third kappa shape index (κ3) is 2.71. The van der Waals surface area contributed by atoms with Crippen molar-refractivity contribution in [3.05, 3.63) is 48.5 Å². The average molecular weight is 405 g/mol. The first kappa shape index (κ1) is 17.0. The molecule has 3 aromatic carbocycles. The van der Waals surface area contributed by atoms with Gasteiger partial charge in [-0.1, -0.05) is 0 Å². The molecule has 1 heterocycles. The zero-order valence-electron chi connectivity index (χ0n) is 13.9. The van der Waals surface area contributed by atoms with Crippen LogP contribution in [0.2, 0.25) is 0 Å². The summed E-state index contributed by atoms with van der Waals surface area (Å²) in [6, 6.07) is 17.6. The molecule has 0 bridgehead atoms. The molecule has 0 aromatic heterocycles. The third-order valence-corrected chi connectivity index (χ3v) is 6.55. The smallest absolute Gasteiger partial charge is 0.147 e. The van der Waals surface area contributed by atoms with Crippen molar-refractivity contribution in [3.8, 4) is 0 Å². The summed E-state index contributed by atoms with van der Waals surface area (Å²) in [7, 11) is 6.17. The molecule has 0 saturated carbocycles. The summed E-state index contributed by atoms with van der Waals surface area (Å²) in [5.74, 6) is 0.